The van der Waals surface area contributed by atoms with E-state index in [0.29, 0.717) is 0 Å². The van der Waals surface area contributed by atoms with Crippen LogP contribution in [0.15, 0.2) is 48.6 Å². The zero-order valence-corrected chi connectivity index (χ0v) is 12.4. The van der Waals surface area contributed by atoms with Crippen LogP contribution in [0.3, 0.4) is 0 Å². The maximum absolute atomic E-state index is 11.6. The van der Waals surface area contributed by atoms with E-state index in [1.807, 2.05) is 6.92 Å². The van der Waals surface area contributed by atoms with Gasteiger partial charge in [-0.15, -0.1) is 6.58 Å². The molecule has 21 heavy (non-hydrogen) atoms. The third-order valence-electron chi connectivity index (χ3n) is 2.82. The number of carbonyl (C=O) groups excluding carboxylic acids is 2. The molecule has 114 valence electrons. The van der Waals surface area contributed by atoms with Gasteiger partial charge in [0, 0.05) is 19.8 Å². The molecule has 2 atom stereocenters. The van der Waals surface area contributed by atoms with Crippen LogP contribution in [-0.4, -0.2) is 28.9 Å². The van der Waals surface area contributed by atoms with Crippen LogP contribution in [0.2, 0.25) is 0 Å². The molecule has 0 aromatic carbocycles. The van der Waals surface area contributed by atoms with Crippen LogP contribution in [0.5, 0.6) is 0 Å². The maximum atomic E-state index is 11.6. The minimum atomic E-state index is -1.24. The first-order valence-corrected chi connectivity index (χ1v) is 6.59. The van der Waals surface area contributed by atoms with Gasteiger partial charge in [0.1, 0.15) is 5.57 Å². The lowest BCUT2D eigenvalue weighted by atomic mass is 10.1. The van der Waals surface area contributed by atoms with Gasteiger partial charge in [-0.2, -0.15) is 0 Å². The predicted molar refractivity (Wildman–Crippen MR) is 78.0 cm³/mol. The van der Waals surface area contributed by atoms with Crippen molar-refractivity contribution in [2.75, 3.05) is 0 Å². The Labute approximate surface area is 124 Å². The van der Waals surface area contributed by atoms with E-state index in [0.717, 1.165) is 0 Å². The molecule has 1 fully saturated rings. The molecular formula is C16H20O5. The Morgan fingerprint density at radius 1 is 1.14 bits per heavy atom. The molecule has 0 bridgehead atoms. The predicted octanol–water partition coefficient (Wildman–Crippen LogP) is 2.04. The van der Waals surface area contributed by atoms with Crippen LogP contribution < -0.4 is 0 Å². The Morgan fingerprint density at radius 2 is 1.71 bits per heavy atom. The van der Waals surface area contributed by atoms with E-state index in [1.165, 1.54) is 26.0 Å². The molecule has 0 amide bonds. The number of ether oxygens (including phenoxy) is 2. The van der Waals surface area contributed by atoms with Gasteiger partial charge in [-0.05, 0) is 6.08 Å². The monoisotopic (exact) mass is 292 g/mol. The van der Waals surface area contributed by atoms with Crippen LogP contribution in [0.4, 0.5) is 0 Å². The minimum absolute atomic E-state index is 0.0569. The van der Waals surface area contributed by atoms with Crippen molar-refractivity contribution < 1.29 is 24.2 Å². The number of hydrogen-bond acceptors (Lipinski definition) is 5. The fourth-order valence-electron chi connectivity index (χ4n) is 1.51. The SMILES string of the molecule is C=C[C@@H](C)[C@@H](O)/C=C/C=C/C=C1C(=O)OC(C)(C)OC1=O. The molecule has 1 saturated heterocycles. The molecule has 0 aromatic rings. The van der Waals surface area contributed by atoms with Gasteiger partial charge in [0.05, 0.1) is 6.10 Å². The van der Waals surface area contributed by atoms with E-state index in [2.05, 4.69) is 6.58 Å². The molecule has 1 rings (SSSR count). The summed E-state index contributed by atoms with van der Waals surface area (Å²) in [5, 5.41) is 9.65. The molecule has 0 spiro atoms. The second kappa shape index (κ2) is 7.04. The summed E-state index contributed by atoms with van der Waals surface area (Å²) in [5.74, 6) is -2.73. The molecule has 1 aliphatic rings. The highest BCUT2D eigenvalue weighted by atomic mass is 16.7. The summed E-state index contributed by atoms with van der Waals surface area (Å²) in [5.41, 5.74) is -0.168. The van der Waals surface area contributed by atoms with Crippen molar-refractivity contribution in [2.24, 2.45) is 5.92 Å². The lowest BCUT2D eigenvalue weighted by Gasteiger charge is -2.29. The van der Waals surface area contributed by atoms with E-state index in [9.17, 15) is 14.7 Å². The second-order valence-electron chi connectivity index (χ2n) is 5.11. The first-order valence-electron chi connectivity index (χ1n) is 6.59. The number of esters is 2. The summed E-state index contributed by atoms with van der Waals surface area (Å²) >= 11 is 0. The van der Waals surface area contributed by atoms with Crippen LogP contribution >= 0.6 is 0 Å². The molecule has 0 saturated carbocycles. The van der Waals surface area contributed by atoms with Crippen molar-refractivity contribution in [3.8, 4) is 0 Å². The fourth-order valence-corrected chi connectivity index (χ4v) is 1.51. The summed E-state index contributed by atoms with van der Waals surface area (Å²) in [7, 11) is 0. The third kappa shape index (κ3) is 5.04. The van der Waals surface area contributed by atoms with Crippen LogP contribution in [0.1, 0.15) is 20.8 Å². The average molecular weight is 292 g/mol. The molecule has 0 aromatic heterocycles. The molecule has 1 N–H and O–H groups in total. The number of aliphatic hydroxyl groups excluding tert-OH is 1. The number of hydrogen-bond donors (Lipinski definition) is 1. The second-order valence-corrected chi connectivity index (χ2v) is 5.11. The van der Waals surface area contributed by atoms with E-state index < -0.39 is 23.8 Å². The summed E-state index contributed by atoms with van der Waals surface area (Å²) in [6.45, 7) is 8.40. The number of rotatable bonds is 5. The van der Waals surface area contributed by atoms with Crippen molar-refractivity contribution >= 4 is 11.9 Å². The van der Waals surface area contributed by atoms with Crippen molar-refractivity contribution in [1.82, 2.24) is 0 Å². The molecular weight excluding hydrogens is 272 g/mol. The van der Waals surface area contributed by atoms with Gasteiger partial charge in [0.2, 0.25) is 0 Å². The van der Waals surface area contributed by atoms with Gasteiger partial charge < -0.3 is 14.6 Å². The zero-order chi connectivity index (χ0) is 16.0. The Bertz CT molecular complexity index is 489. The van der Waals surface area contributed by atoms with Gasteiger partial charge in [-0.1, -0.05) is 37.3 Å². The smallest absolute Gasteiger partial charge is 0.348 e. The minimum Gasteiger partial charge on any atom is -0.419 e. The lowest BCUT2D eigenvalue weighted by Crippen LogP contribution is -2.41. The zero-order valence-electron chi connectivity index (χ0n) is 12.4. The van der Waals surface area contributed by atoms with Gasteiger partial charge in [0.15, 0.2) is 0 Å². The highest BCUT2D eigenvalue weighted by Gasteiger charge is 2.38. The van der Waals surface area contributed by atoms with Gasteiger partial charge in [-0.3, -0.25) is 0 Å². The topological polar surface area (TPSA) is 72.8 Å². The molecule has 0 aliphatic carbocycles. The summed E-state index contributed by atoms with van der Waals surface area (Å²) in [4.78, 5) is 23.3. The molecule has 5 heteroatoms. The van der Waals surface area contributed by atoms with E-state index >= 15 is 0 Å². The number of aliphatic hydroxyl groups is 1. The maximum Gasteiger partial charge on any atom is 0.348 e. The largest absolute Gasteiger partial charge is 0.419 e. The highest BCUT2D eigenvalue weighted by molar-refractivity contribution is 6.15. The number of allylic oxidation sites excluding steroid dienone is 4. The van der Waals surface area contributed by atoms with Crippen molar-refractivity contribution in [2.45, 2.75) is 32.7 Å². The molecule has 5 nitrogen and oxygen atoms in total. The number of carbonyl (C=O) groups is 2. The Morgan fingerprint density at radius 3 is 2.24 bits per heavy atom. The quantitative estimate of drug-likeness (QED) is 0.276. The van der Waals surface area contributed by atoms with E-state index in [-0.39, 0.29) is 11.5 Å². The van der Waals surface area contributed by atoms with Crippen molar-refractivity contribution in [1.29, 1.82) is 0 Å². The van der Waals surface area contributed by atoms with Gasteiger partial charge in [-0.25, -0.2) is 9.59 Å². The molecule has 0 unspecified atom stereocenters. The molecule has 1 aliphatic heterocycles. The van der Waals surface area contributed by atoms with Crippen LogP contribution in [-0.2, 0) is 19.1 Å². The normalized spacial score (nSPS) is 21.0. The Hall–Kier alpha value is -2.14. The molecule has 0 radical (unpaired) electrons. The standard InChI is InChI=1S/C16H20O5/c1-5-11(2)13(17)10-8-6-7-9-12-14(18)20-16(3,4)21-15(12)19/h5-11,13,17H,1H2,2-4H3/b7-6+,10-8+/t11-,13+/m1/s1. The Kier molecular flexibility index (Phi) is 5.67. The molecule has 1 heterocycles. The summed E-state index contributed by atoms with van der Waals surface area (Å²) < 4.78 is 9.89. The summed E-state index contributed by atoms with van der Waals surface area (Å²) in [6.07, 6.45) is 8.62. The van der Waals surface area contributed by atoms with Crippen LogP contribution in [0, 0.1) is 5.92 Å². The lowest BCUT2D eigenvalue weighted by molar-refractivity contribution is -0.222. The van der Waals surface area contributed by atoms with E-state index in [4.69, 9.17) is 9.47 Å². The van der Waals surface area contributed by atoms with Crippen LogP contribution in [0.25, 0.3) is 0 Å². The summed E-state index contributed by atoms with van der Waals surface area (Å²) in [6, 6.07) is 0. The third-order valence-corrected chi connectivity index (χ3v) is 2.82. The highest BCUT2D eigenvalue weighted by Crippen LogP contribution is 2.22. The first kappa shape index (κ1) is 16.9. The van der Waals surface area contributed by atoms with Gasteiger partial charge in [0.25, 0.3) is 5.79 Å². The van der Waals surface area contributed by atoms with Gasteiger partial charge >= 0.3 is 11.9 Å². The average Bonchev–Trinajstić information content (AvgIpc) is 2.38. The Balaban J connectivity index is 2.66. The van der Waals surface area contributed by atoms with Crippen molar-refractivity contribution in [3.05, 3.63) is 48.6 Å². The number of cyclic esters (lactones) is 2. The first-order chi connectivity index (χ1) is 9.76. The fraction of sp³-hybridized carbons (Fsp3) is 0.375. The van der Waals surface area contributed by atoms with Crippen molar-refractivity contribution in [3.63, 3.8) is 0 Å². The van der Waals surface area contributed by atoms with E-state index in [1.54, 1.807) is 24.3 Å².